The van der Waals surface area contributed by atoms with Gasteiger partial charge in [0.15, 0.2) is 0 Å². The van der Waals surface area contributed by atoms with Crippen molar-refractivity contribution >= 4 is 21.9 Å². The van der Waals surface area contributed by atoms with Gasteiger partial charge in [0.2, 0.25) is 5.79 Å². The average Bonchev–Trinajstić information content (AvgIpc) is 2.29. The van der Waals surface area contributed by atoms with Gasteiger partial charge in [-0.25, -0.2) is 0 Å². The van der Waals surface area contributed by atoms with Crippen LogP contribution in [0.25, 0.3) is 0 Å². The van der Waals surface area contributed by atoms with Gasteiger partial charge in [-0.1, -0.05) is 34.2 Å². The Kier molecular flexibility index (Phi) is 5.18. The summed E-state index contributed by atoms with van der Waals surface area (Å²) in [7, 11) is 1.29. The molecule has 2 unspecified atom stereocenters. The molecule has 4 nitrogen and oxygen atoms in total. The molecule has 16 heavy (non-hydrogen) atoms. The summed E-state index contributed by atoms with van der Waals surface area (Å²) < 4.78 is 9.95. The fraction of sp³-hybridized carbons (Fsp3) is 0.545. The minimum atomic E-state index is -1.59. The number of hydrogen-bond donors (Lipinski definition) is 1. The van der Waals surface area contributed by atoms with E-state index in [0.29, 0.717) is 6.61 Å². The van der Waals surface area contributed by atoms with Crippen LogP contribution in [-0.4, -0.2) is 35.9 Å². The van der Waals surface area contributed by atoms with E-state index in [1.54, 1.807) is 18.2 Å². The van der Waals surface area contributed by atoms with Crippen molar-refractivity contribution in [3.63, 3.8) is 0 Å². The zero-order chi connectivity index (χ0) is 12.0. The zero-order valence-corrected chi connectivity index (χ0v) is 10.6. The number of rotatable bonds is 5. The summed E-state index contributed by atoms with van der Waals surface area (Å²) in [5, 5.41) is 11.0. The lowest BCUT2D eigenvalue weighted by Crippen LogP contribution is -2.44. The van der Waals surface area contributed by atoms with Crippen LogP contribution in [0.5, 0.6) is 0 Å². The molecule has 0 saturated heterocycles. The Bertz CT molecular complexity index is 300. The molecule has 2 atom stereocenters. The maximum absolute atomic E-state index is 11.5. The summed E-state index contributed by atoms with van der Waals surface area (Å²) in [5.74, 6) is -2.91. The number of aliphatic hydroxyl groups is 1. The summed E-state index contributed by atoms with van der Waals surface area (Å²) in [6.07, 6.45) is 7.12. The monoisotopic (exact) mass is 290 g/mol. The van der Waals surface area contributed by atoms with Gasteiger partial charge >= 0.3 is 5.97 Å². The molecular weight excluding hydrogens is 276 g/mol. The Morgan fingerprint density at radius 1 is 1.56 bits per heavy atom. The molecule has 0 radical (unpaired) electrons. The fourth-order valence-electron chi connectivity index (χ4n) is 1.41. The number of esters is 1. The molecule has 90 valence electrons. The molecule has 0 aromatic carbocycles. The van der Waals surface area contributed by atoms with Crippen molar-refractivity contribution in [3.8, 4) is 0 Å². The molecule has 0 aromatic rings. The molecule has 1 aliphatic rings. The molecule has 0 saturated carbocycles. The maximum atomic E-state index is 11.5. The number of hydrogen-bond acceptors (Lipinski definition) is 4. The second-order valence-corrected chi connectivity index (χ2v) is 4.18. The minimum absolute atomic E-state index is 0.368. The minimum Gasteiger partial charge on any atom is -0.468 e. The topological polar surface area (TPSA) is 55.8 Å². The highest BCUT2D eigenvalue weighted by Gasteiger charge is 2.40. The van der Waals surface area contributed by atoms with Gasteiger partial charge in [0, 0.05) is 5.33 Å². The molecule has 0 spiro atoms. The van der Waals surface area contributed by atoms with E-state index in [2.05, 4.69) is 20.7 Å². The van der Waals surface area contributed by atoms with Crippen LogP contribution in [0.3, 0.4) is 0 Å². The lowest BCUT2D eigenvalue weighted by atomic mass is 9.94. The Morgan fingerprint density at radius 2 is 2.31 bits per heavy atom. The van der Waals surface area contributed by atoms with Gasteiger partial charge in [-0.05, 0) is 12.5 Å². The van der Waals surface area contributed by atoms with Gasteiger partial charge in [0.25, 0.3) is 0 Å². The summed E-state index contributed by atoms with van der Waals surface area (Å²) in [6.45, 7) is 0.368. The fourth-order valence-corrected chi connectivity index (χ4v) is 1.64. The van der Waals surface area contributed by atoms with Crippen LogP contribution in [-0.2, 0) is 14.3 Å². The molecule has 0 amide bonds. The van der Waals surface area contributed by atoms with Crippen molar-refractivity contribution in [2.75, 3.05) is 19.0 Å². The van der Waals surface area contributed by atoms with Gasteiger partial charge in [0.1, 0.15) is 5.92 Å². The molecule has 0 bridgehead atoms. The number of carbonyl (C=O) groups excluding carboxylic acids is 1. The molecule has 1 N–H and O–H groups in total. The van der Waals surface area contributed by atoms with E-state index in [0.717, 1.165) is 11.8 Å². The first-order valence-corrected chi connectivity index (χ1v) is 6.12. The number of methoxy groups -OCH3 is 1. The highest BCUT2D eigenvalue weighted by atomic mass is 79.9. The van der Waals surface area contributed by atoms with Crippen LogP contribution in [0.1, 0.15) is 6.42 Å². The number of allylic oxidation sites excluding steroid dienone is 2. The van der Waals surface area contributed by atoms with Gasteiger partial charge in [0.05, 0.1) is 13.7 Å². The summed E-state index contributed by atoms with van der Waals surface area (Å²) in [5.41, 5.74) is 0. The first-order chi connectivity index (χ1) is 7.64. The molecule has 0 aromatic heterocycles. The van der Waals surface area contributed by atoms with Crippen LogP contribution in [0.15, 0.2) is 24.3 Å². The van der Waals surface area contributed by atoms with Crippen molar-refractivity contribution in [3.05, 3.63) is 24.3 Å². The first-order valence-electron chi connectivity index (χ1n) is 5.00. The smallest absolute Gasteiger partial charge is 0.318 e. The maximum Gasteiger partial charge on any atom is 0.318 e. The Labute approximate surface area is 103 Å². The number of halogens is 1. The van der Waals surface area contributed by atoms with E-state index in [-0.39, 0.29) is 0 Å². The lowest BCUT2D eigenvalue weighted by Gasteiger charge is -2.31. The molecule has 0 heterocycles. The van der Waals surface area contributed by atoms with Crippen LogP contribution in [0, 0.1) is 5.92 Å². The Balaban J connectivity index is 2.69. The van der Waals surface area contributed by atoms with Crippen LogP contribution >= 0.6 is 15.9 Å². The molecule has 1 rings (SSSR count). The average molecular weight is 291 g/mol. The van der Waals surface area contributed by atoms with E-state index in [4.69, 9.17) is 4.74 Å². The first kappa shape index (κ1) is 13.4. The quantitative estimate of drug-likeness (QED) is 0.360. The normalized spacial score (nSPS) is 28.1. The molecule has 1 aliphatic carbocycles. The van der Waals surface area contributed by atoms with Crippen molar-refractivity contribution in [2.45, 2.75) is 12.2 Å². The second-order valence-electron chi connectivity index (χ2n) is 3.39. The van der Waals surface area contributed by atoms with Gasteiger partial charge in [-0.3, -0.25) is 4.79 Å². The molecule has 0 aliphatic heterocycles. The van der Waals surface area contributed by atoms with Crippen molar-refractivity contribution in [1.29, 1.82) is 0 Å². The predicted octanol–water partition coefficient (Wildman–Crippen LogP) is 1.39. The largest absolute Gasteiger partial charge is 0.468 e. The lowest BCUT2D eigenvalue weighted by molar-refractivity contribution is -0.203. The van der Waals surface area contributed by atoms with E-state index < -0.39 is 17.7 Å². The molecule has 5 heteroatoms. The van der Waals surface area contributed by atoms with E-state index >= 15 is 0 Å². The molecule has 0 fully saturated rings. The zero-order valence-electron chi connectivity index (χ0n) is 9.06. The third kappa shape index (κ3) is 3.17. The standard InChI is InChI=1S/C11H15BrO4/c1-15-10(13)9-5-2-3-6-11(9,14)16-8-4-7-12/h2-3,5-6,9,14H,4,7-8H2,1H3. The Morgan fingerprint density at radius 3 is 2.94 bits per heavy atom. The predicted molar refractivity (Wildman–Crippen MR) is 63.1 cm³/mol. The third-order valence-electron chi connectivity index (χ3n) is 2.26. The van der Waals surface area contributed by atoms with Gasteiger partial charge in [-0.15, -0.1) is 0 Å². The summed E-state index contributed by atoms with van der Waals surface area (Å²) in [6, 6.07) is 0. The van der Waals surface area contributed by atoms with Crippen molar-refractivity contribution in [2.24, 2.45) is 5.92 Å². The van der Waals surface area contributed by atoms with Crippen LogP contribution in [0.2, 0.25) is 0 Å². The SMILES string of the molecule is COC(=O)C1C=CC=CC1(O)OCCCBr. The number of alkyl halides is 1. The van der Waals surface area contributed by atoms with Crippen LogP contribution in [0.4, 0.5) is 0 Å². The third-order valence-corrected chi connectivity index (χ3v) is 2.82. The highest BCUT2D eigenvalue weighted by Crippen LogP contribution is 2.27. The molecular formula is C11H15BrO4. The van der Waals surface area contributed by atoms with E-state index in [9.17, 15) is 9.90 Å². The van der Waals surface area contributed by atoms with E-state index in [1.165, 1.54) is 13.2 Å². The number of carbonyl (C=O) groups is 1. The highest BCUT2D eigenvalue weighted by molar-refractivity contribution is 9.09. The Hall–Kier alpha value is -0.650. The van der Waals surface area contributed by atoms with Crippen molar-refractivity contribution < 1.29 is 19.4 Å². The summed E-state index contributed by atoms with van der Waals surface area (Å²) >= 11 is 3.26. The second kappa shape index (κ2) is 6.18. The van der Waals surface area contributed by atoms with Crippen molar-refractivity contribution in [1.82, 2.24) is 0 Å². The van der Waals surface area contributed by atoms with Crippen LogP contribution < -0.4 is 0 Å². The summed E-state index contributed by atoms with van der Waals surface area (Å²) in [4.78, 5) is 11.5. The van der Waals surface area contributed by atoms with E-state index in [1.807, 2.05) is 0 Å². The van der Waals surface area contributed by atoms with Gasteiger partial charge < -0.3 is 14.6 Å². The number of ether oxygens (including phenoxy) is 2. The van der Waals surface area contributed by atoms with Gasteiger partial charge in [-0.2, -0.15) is 0 Å².